The first-order valence-corrected chi connectivity index (χ1v) is 6.56. The highest BCUT2D eigenvalue weighted by Gasteiger charge is 2.26. The van der Waals surface area contributed by atoms with E-state index in [1.807, 2.05) is 12.1 Å². The molecular weight excluding hydrogens is 228 g/mol. The highest BCUT2D eigenvalue weighted by Crippen LogP contribution is 2.30. The quantitative estimate of drug-likeness (QED) is 0.821. The lowest BCUT2D eigenvalue weighted by Crippen LogP contribution is -2.32. The van der Waals surface area contributed by atoms with Gasteiger partial charge in [-0.3, -0.25) is 9.78 Å². The Hall–Kier alpha value is -1.42. The van der Waals surface area contributed by atoms with Crippen molar-refractivity contribution in [3.63, 3.8) is 0 Å². The van der Waals surface area contributed by atoms with E-state index in [1.54, 1.807) is 12.4 Å². The molecule has 0 aliphatic heterocycles. The summed E-state index contributed by atoms with van der Waals surface area (Å²) in [6.45, 7) is 0.924. The Morgan fingerprint density at radius 3 is 3.00 bits per heavy atom. The van der Waals surface area contributed by atoms with E-state index in [0.29, 0.717) is 24.8 Å². The zero-order chi connectivity index (χ0) is 12.8. The third kappa shape index (κ3) is 3.53. The van der Waals surface area contributed by atoms with Crippen LogP contribution in [0, 0.1) is 11.8 Å². The number of hydrogen-bond donors (Lipinski definition) is 2. The second kappa shape index (κ2) is 6.50. The minimum absolute atomic E-state index is 0.0339. The first kappa shape index (κ1) is 13.0. The summed E-state index contributed by atoms with van der Waals surface area (Å²) in [5, 5.41) is 12.2. The van der Waals surface area contributed by atoms with Crippen LogP contribution in [-0.4, -0.2) is 29.1 Å². The van der Waals surface area contributed by atoms with Gasteiger partial charge in [-0.2, -0.15) is 0 Å². The van der Waals surface area contributed by atoms with E-state index in [2.05, 4.69) is 10.3 Å². The van der Waals surface area contributed by atoms with Crippen LogP contribution < -0.4 is 5.32 Å². The lowest BCUT2D eigenvalue weighted by atomic mass is 9.97. The van der Waals surface area contributed by atoms with Crippen molar-refractivity contribution in [2.24, 2.45) is 11.8 Å². The molecule has 1 aliphatic rings. The van der Waals surface area contributed by atoms with Crippen LogP contribution in [0.1, 0.15) is 24.8 Å². The van der Waals surface area contributed by atoms with Gasteiger partial charge in [0.15, 0.2) is 0 Å². The maximum Gasteiger partial charge on any atom is 0.224 e. The van der Waals surface area contributed by atoms with Gasteiger partial charge in [0.25, 0.3) is 0 Å². The normalized spacial score (nSPS) is 22.9. The lowest BCUT2D eigenvalue weighted by molar-refractivity contribution is -0.120. The molecule has 2 unspecified atom stereocenters. The number of aliphatic hydroxyl groups excluding tert-OH is 1. The number of nitrogens with zero attached hydrogens (tertiary/aromatic N) is 1. The summed E-state index contributed by atoms with van der Waals surface area (Å²) in [6.07, 6.45) is 7.15. The van der Waals surface area contributed by atoms with Crippen molar-refractivity contribution in [1.29, 1.82) is 0 Å². The SMILES string of the molecule is O=C(Cc1cccnc1)NCC1CCCC1CO. The summed E-state index contributed by atoms with van der Waals surface area (Å²) in [5.74, 6) is 0.836. The Morgan fingerprint density at radius 1 is 1.44 bits per heavy atom. The molecule has 1 aliphatic carbocycles. The third-order valence-corrected chi connectivity index (χ3v) is 3.70. The van der Waals surface area contributed by atoms with Gasteiger partial charge < -0.3 is 10.4 Å². The van der Waals surface area contributed by atoms with Crippen molar-refractivity contribution in [2.75, 3.05) is 13.2 Å². The fraction of sp³-hybridized carbons (Fsp3) is 0.571. The Labute approximate surface area is 107 Å². The van der Waals surface area contributed by atoms with Gasteiger partial charge in [0.1, 0.15) is 0 Å². The molecule has 0 spiro atoms. The average molecular weight is 248 g/mol. The Bertz CT molecular complexity index is 381. The number of amides is 1. The first-order chi connectivity index (χ1) is 8.79. The minimum atomic E-state index is 0.0339. The van der Waals surface area contributed by atoms with E-state index in [4.69, 9.17) is 0 Å². The van der Waals surface area contributed by atoms with Crippen LogP contribution in [0.5, 0.6) is 0 Å². The van der Waals surface area contributed by atoms with Crippen LogP contribution >= 0.6 is 0 Å². The van der Waals surface area contributed by atoms with E-state index in [1.165, 1.54) is 0 Å². The Balaban J connectivity index is 1.75. The van der Waals surface area contributed by atoms with Crippen molar-refractivity contribution in [2.45, 2.75) is 25.7 Å². The average Bonchev–Trinajstić information content (AvgIpc) is 2.85. The molecule has 1 saturated carbocycles. The summed E-state index contributed by atoms with van der Waals surface area (Å²) in [7, 11) is 0. The number of carbonyl (C=O) groups excluding carboxylic acids is 1. The first-order valence-electron chi connectivity index (χ1n) is 6.56. The molecule has 2 rings (SSSR count). The molecule has 2 atom stereocenters. The molecular formula is C14H20N2O2. The van der Waals surface area contributed by atoms with Gasteiger partial charge in [-0.1, -0.05) is 12.5 Å². The molecule has 1 heterocycles. The number of aromatic nitrogens is 1. The highest BCUT2D eigenvalue weighted by molar-refractivity contribution is 5.78. The monoisotopic (exact) mass is 248 g/mol. The number of carbonyl (C=O) groups is 1. The van der Waals surface area contributed by atoms with Crippen LogP contribution in [0.4, 0.5) is 0 Å². The molecule has 1 aromatic rings. The molecule has 0 radical (unpaired) electrons. The van der Waals surface area contributed by atoms with Crippen molar-refractivity contribution >= 4 is 5.91 Å². The van der Waals surface area contributed by atoms with E-state index in [9.17, 15) is 9.90 Å². The number of nitrogens with one attached hydrogen (secondary N) is 1. The van der Waals surface area contributed by atoms with Gasteiger partial charge in [0.05, 0.1) is 6.42 Å². The Morgan fingerprint density at radius 2 is 2.28 bits per heavy atom. The van der Waals surface area contributed by atoms with Gasteiger partial charge in [0, 0.05) is 25.5 Å². The van der Waals surface area contributed by atoms with Gasteiger partial charge in [-0.25, -0.2) is 0 Å². The predicted molar refractivity (Wildman–Crippen MR) is 68.9 cm³/mol. The van der Waals surface area contributed by atoms with Crippen LogP contribution in [-0.2, 0) is 11.2 Å². The number of pyridine rings is 1. The van der Waals surface area contributed by atoms with Crippen molar-refractivity contribution in [3.05, 3.63) is 30.1 Å². The molecule has 2 N–H and O–H groups in total. The van der Waals surface area contributed by atoms with Crippen LogP contribution in [0.2, 0.25) is 0 Å². The maximum atomic E-state index is 11.8. The number of aliphatic hydroxyl groups is 1. The highest BCUT2D eigenvalue weighted by atomic mass is 16.3. The molecule has 0 bridgehead atoms. The standard InChI is InChI=1S/C14H20N2O2/c17-10-13-5-1-4-12(13)9-16-14(18)7-11-3-2-6-15-8-11/h2-3,6,8,12-13,17H,1,4-5,7,9-10H2,(H,16,18). The number of rotatable bonds is 5. The summed E-state index contributed by atoms with van der Waals surface area (Å²) in [4.78, 5) is 15.8. The molecule has 4 heteroatoms. The summed E-state index contributed by atoms with van der Waals surface area (Å²) in [5.41, 5.74) is 0.931. The topological polar surface area (TPSA) is 62.2 Å². The fourth-order valence-electron chi connectivity index (χ4n) is 2.62. The molecule has 18 heavy (non-hydrogen) atoms. The van der Waals surface area contributed by atoms with Crippen molar-refractivity contribution < 1.29 is 9.90 Å². The zero-order valence-corrected chi connectivity index (χ0v) is 10.5. The smallest absolute Gasteiger partial charge is 0.224 e. The minimum Gasteiger partial charge on any atom is -0.396 e. The predicted octanol–water partition coefficient (Wildman–Crippen LogP) is 1.15. The van der Waals surface area contributed by atoms with Gasteiger partial charge in [-0.05, 0) is 36.3 Å². The zero-order valence-electron chi connectivity index (χ0n) is 10.5. The Kier molecular flexibility index (Phi) is 4.70. The number of hydrogen-bond acceptors (Lipinski definition) is 3. The van der Waals surface area contributed by atoms with Crippen molar-refractivity contribution in [3.8, 4) is 0 Å². The van der Waals surface area contributed by atoms with Crippen molar-refractivity contribution in [1.82, 2.24) is 10.3 Å². The molecule has 1 fully saturated rings. The fourth-order valence-corrected chi connectivity index (χ4v) is 2.62. The van der Waals surface area contributed by atoms with Gasteiger partial charge >= 0.3 is 0 Å². The lowest BCUT2D eigenvalue weighted by Gasteiger charge is -2.17. The van der Waals surface area contributed by atoms with E-state index in [-0.39, 0.29) is 12.5 Å². The van der Waals surface area contributed by atoms with Crippen LogP contribution in [0.3, 0.4) is 0 Å². The third-order valence-electron chi connectivity index (χ3n) is 3.70. The largest absolute Gasteiger partial charge is 0.396 e. The van der Waals surface area contributed by atoms with Gasteiger partial charge in [-0.15, -0.1) is 0 Å². The maximum absolute atomic E-state index is 11.8. The summed E-state index contributed by atoms with van der Waals surface area (Å²) < 4.78 is 0. The second-order valence-electron chi connectivity index (χ2n) is 4.98. The van der Waals surface area contributed by atoms with E-state index in [0.717, 1.165) is 24.8 Å². The van der Waals surface area contributed by atoms with Crippen LogP contribution in [0.25, 0.3) is 0 Å². The van der Waals surface area contributed by atoms with Gasteiger partial charge in [0.2, 0.25) is 5.91 Å². The molecule has 4 nitrogen and oxygen atoms in total. The molecule has 1 amide bonds. The molecule has 1 aromatic heterocycles. The molecule has 98 valence electrons. The summed E-state index contributed by atoms with van der Waals surface area (Å²) in [6, 6.07) is 3.74. The van der Waals surface area contributed by atoms with E-state index < -0.39 is 0 Å². The van der Waals surface area contributed by atoms with E-state index >= 15 is 0 Å². The molecule has 0 aromatic carbocycles. The summed E-state index contributed by atoms with van der Waals surface area (Å²) >= 11 is 0. The molecule has 0 saturated heterocycles. The van der Waals surface area contributed by atoms with Crippen LogP contribution in [0.15, 0.2) is 24.5 Å². The second-order valence-corrected chi connectivity index (χ2v) is 4.98.